The van der Waals surface area contributed by atoms with Gasteiger partial charge in [0.15, 0.2) is 6.10 Å². The van der Waals surface area contributed by atoms with Crippen LogP contribution in [0.15, 0.2) is 71.3 Å². The second-order valence-electron chi connectivity index (χ2n) is 7.44. The number of ether oxygens (including phenoxy) is 1. The molecule has 3 amide bonds. The average Bonchev–Trinajstić information content (AvgIpc) is 3.27. The molecule has 3 rings (SSSR count). The van der Waals surface area contributed by atoms with E-state index in [-0.39, 0.29) is 11.9 Å². The number of amides is 3. The largest absolute Gasteiger partial charge is 0.481 e. The Labute approximate surface area is 181 Å². The van der Waals surface area contributed by atoms with E-state index in [9.17, 15) is 9.59 Å². The number of carbonyl (C=O) groups is 2. The van der Waals surface area contributed by atoms with Crippen molar-refractivity contribution in [3.8, 4) is 5.75 Å². The van der Waals surface area contributed by atoms with Gasteiger partial charge in [-0.1, -0.05) is 26.0 Å². The first-order valence-corrected chi connectivity index (χ1v) is 10.2. The van der Waals surface area contributed by atoms with Crippen molar-refractivity contribution in [2.24, 2.45) is 0 Å². The minimum atomic E-state index is -0.660. The molecule has 0 saturated heterocycles. The average molecular weight is 421 g/mol. The van der Waals surface area contributed by atoms with Gasteiger partial charge < -0.3 is 25.1 Å². The van der Waals surface area contributed by atoms with Crippen LogP contribution in [0.4, 0.5) is 16.2 Å². The minimum Gasteiger partial charge on any atom is -0.481 e. The lowest BCUT2D eigenvalue weighted by Crippen LogP contribution is -2.30. The van der Waals surface area contributed by atoms with Gasteiger partial charge in [-0.05, 0) is 66.9 Å². The number of urea groups is 1. The Bertz CT molecular complexity index is 998. The van der Waals surface area contributed by atoms with Crippen molar-refractivity contribution in [1.29, 1.82) is 0 Å². The Morgan fingerprint density at radius 1 is 0.935 bits per heavy atom. The standard InChI is InChI=1S/C24H27N3O4/c1-16(2)18-6-4-7-21(14-18)31-17(3)23(28)26-19-9-11-20(12-10-19)27-24(29)25-15-22-8-5-13-30-22/h4-14,16-17H,15H2,1-3H3,(H,26,28)(H2,25,27,29). The lowest BCUT2D eigenvalue weighted by molar-refractivity contribution is -0.122. The highest BCUT2D eigenvalue weighted by Gasteiger charge is 2.15. The van der Waals surface area contributed by atoms with Crippen molar-refractivity contribution in [3.05, 3.63) is 78.3 Å². The number of hydrogen-bond acceptors (Lipinski definition) is 4. The van der Waals surface area contributed by atoms with Gasteiger partial charge in [-0.25, -0.2) is 4.79 Å². The first-order valence-electron chi connectivity index (χ1n) is 10.2. The highest BCUT2D eigenvalue weighted by Crippen LogP contribution is 2.21. The van der Waals surface area contributed by atoms with E-state index in [1.165, 1.54) is 0 Å². The number of rotatable bonds is 8. The summed E-state index contributed by atoms with van der Waals surface area (Å²) in [6.07, 6.45) is 0.893. The Hall–Kier alpha value is -3.74. The summed E-state index contributed by atoms with van der Waals surface area (Å²) in [4.78, 5) is 24.4. The molecule has 7 heteroatoms. The minimum absolute atomic E-state index is 0.258. The van der Waals surface area contributed by atoms with Crippen molar-refractivity contribution < 1.29 is 18.7 Å². The molecule has 0 saturated carbocycles. The fourth-order valence-corrected chi connectivity index (χ4v) is 2.84. The molecule has 3 aromatic rings. The van der Waals surface area contributed by atoms with Crippen molar-refractivity contribution in [2.45, 2.75) is 39.3 Å². The van der Waals surface area contributed by atoms with Crippen LogP contribution in [0, 0.1) is 0 Å². The zero-order chi connectivity index (χ0) is 22.2. The van der Waals surface area contributed by atoms with Gasteiger partial charge >= 0.3 is 6.03 Å². The summed E-state index contributed by atoms with van der Waals surface area (Å²) in [6.45, 7) is 6.22. The SMILES string of the molecule is CC(Oc1cccc(C(C)C)c1)C(=O)Nc1ccc(NC(=O)NCc2ccco2)cc1. The van der Waals surface area contributed by atoms with Crippen LogP contribution in [0.5, 0.6) is 5.75 Å². The summed E-state index contributed by atoms with van der Waals surface area (Å²) in [7, 11) is 0. The van der Waals surface area contributed by atoms with Crippen LogP contribution in [-0.2, 0) is 11.3 Å². The summed E-state index contributed by atoms with van der Waals surface area (Å²) >= 11 is 0. The Morgan fingerprint density at radius 2 is 1.65 bits per heavy atom. The van der Waals surface area contributed by atoms with Gasteiger partial charge in [0, 0.05) is 11.4 Å². The summed E-state index contributed by atoms with van der Waals surface area (Å²) in [6, 6.07) is 17.8. The topological polar surface area (TPSA) is 92.6 Å². The number of nitrogens with one attached hydrogen (secondary N) is 3. The van der Waals surface area contributed by atoms with Crippen LogP contribution in [0.2, 0.25) is 0 Å². The quantitative estimate of drug-likeness (QED) is 0.470. The van der Waals surface area contributed by atoms with Crippen molar-refractivity contribution in [2.75, 3.05) is 10.6 Å². The number of carbonyl (C=O) groups excluding carboxylic acids is 2. The fraction of sp³-hybridized carbons (Fsp3) is 0.250. The van der Waals surface area contributed by atoms with Gasteiger partial charge in [-0.15, -0.1) is 0 Å². The maximum atomic E-state index is 12.5. The van der Waals surface area contributed by atoms with Gasteiger partial charge in [0.1, 0.15) is 11.5 Å². The summed E-state index contributed by atoms with van der Waals surface area (Å²) in [5.74, 6) is 1.45. The molecule has 2 aromatic carbocycles. The molecule has 162 valence electrons. The third kappa shape index (κ3) is 6.64. The van der Waals surface area contributed by atoms with E-state index in [2.05, 4.69) is 29.8 Å². The van der Waals surface area contributed by atoms with Crippen molar-refractivity contribution in [3.63, 3.8) is 0 Å². The van der Waals surface area contributed by atoms with E-state index in [4.69, 9.17) is 9.15 Å². The third-order valence-corrected chi connectivity index (χ3v) is 4.62. The molecule has 31 heavy (non-hydrogen) atoms. The number of anilines is 2. The number of furan rings is 1. The smallest absolute Gasteiger partial charge is 0.319 e. The molecule has 0 aliphatic heterocycles. The normalized spacial score (nSPS) is 11.6. The highest BCUT2D eigenvalue weighted by atomic mass is 16.5. The first-order chi connectivity index (χ1) is 14.9. The van der Waals surface area contributed by atoms with Crippen LogP contribution in [0.3, 0.4) is 0 Å². The molecule has 1 heterocycles. The highest BCUT2D eigenvalue weighted by molar-refractivity contribution is 5.94. The molecule has 0 bridgehead atoms. The number of benzene rings is 2. The van der Waals surface area contributed by atoms with Crippen LogP contribution >= 0.6 is 0 Å². The fourth-order valence-electron chi connectivity index (χ4n) is 2.84. The van der Waals surface area contributed by atoms with Crippen LogP contribution in [0.25, 0.3) is 0 Å². The first kappa shape index (κ1) is 22.0. The lowest BCUT2D eigenvalue weighted by Gasteiger charge is -2.16. The van der Waals surface area contributed by atoms with E-state index in [1.54, 1.807) is 49.6 Å². The zero-order valence-electron chi connectivity index (χ0n) is 17.8. The molecule has 0 radical (unpaired) electrons. The van der Waals surface area contributed by atoms with Gasteiger partial charge in [-0.2, -0.15) is 0 Å². The number of hydrogen-bond donors (Lipinski definition) is 3. The van der Waals surface area contributed by atoms with E-state index < -0.39 is 6.10 Å². The molecule has 7 nitrogen and oxygen atoms in total. The van der Waals surface area contributed by atoms with Crippen LogP contribution < -0.4 is 20.7 Å². The third-order valence-electron chi connectivity index (χ3n) is 4.62. The predicted octanol–water partition coefficient (Wildman–Crippen LogP) is 5.13. The zero-order valence-corrected chi connectivity index (χ0v) is 17.8. The van der Waals surface area contributed by atoms with Gasteiger partial charge in [0.25, 0.3) is 5.91 Å². The molecule has 0 spiro atoms. The van der Waals surface area contributed by atoms with Gasteiger partial charge in [0.2, 0.25) is 0 Å². The monoisotopic (exact) mass is 421 g/mol. The van der Waals surface area contributed by atoms with E-state index in [0.717, 1.165) is 5.56 Å². The molecule has 1 unspecified atom stereocenters. The van der Waals surface area contributed by atoms with E-state index >= 15 is 0 Å². The van der Waals surface area contributed by atoms with E-state index in [0.29, 0.717) is 35.3 Å². The van der Waals surface area contributed by atoms with E-state index in [1.807, 2.05) is 24.3 Å². The Kier molecular flexibility index (Phi) is 7.32. The van der Waals surface area contributed by atoms with Gasteiger partial charge in [0.05, 0.1) is 12.8 Å². The molecule has 0 fully saturated rings. The lowest BCUT2D eigenvalue weighted by atomic mass is 10.0. The maximum absolute atomic E-state index is 12.5. The van der Waals surface area contributed by atoms with Crippen LogP contribution in [0.1, 0.15) is 38.0 Å². The second kappa shape index (κ2) is 10.3. The predicted molar refractivity (Wildman–Crippen MR) is 120 cm³/mol. The molecule has 0 aliphatic rings. The van der Waals surface area contributed by atoms with Crippen molar-refractivity contribution >= 4 is 23.3 Å². The molecule has 1 aromatic heterocycles. The second-order valence-corrected chi connectivity index (χ2v) is 7.44. The summed E-state index contributed by atoms with van der Waals surface area (Å²) < 4.78 is 11.0. The Balaban J connectivity index is 1.48. The Morgan fingerprint density at radius 3 is 2.29 bits per heavy atom. The summed E-state index contributed by atoms with van der Waals surface area (Å²) in [5.41, 5.74) is 2.36. The molecular weight excluding hydrogens is 394 g/mol. The summed E-state index contributed by atoms with van der Waals surface area (Å²) in [5, 5.41) is 8.24. The maximum Gasteiger partial charge on any atom is 0.319 e. The van der Waals surface area contributed by atoms with Crippen molar-refractivity contribution in [1.82, 2.24) is 5.32 Å². The van der Waals surface area contributed by atoms with Gasteiger partial charge in [-0.3, -0.25) is 4.79 Å². The molecule has 1 atom stereocenters. The molecule has 3 N–H and O–H groups in total. The van der Waals surface area contributed by atoms with Crippen LogP contribution in [-0.4, -0.2) is 18.0 Å². The molecule has 0 aliphatic carbocycles. The molecular formula is C24H27N3O4.